The first-order valence-electron chi connectivity index (χ1n) is 7.97. The third kappa shape index (κ3) is 3.95. The van der Waals surface area contributed by atoms with Gasteiger partial charge in [0.05, 0.1) is 5.69 Å². The number of hydrogen-bond acceptors (Lipinski definition) is 3. The predicted molar refractivity (Wildman–Crippen MR) is 87.4 cm³/mol. The van der Waals surface area contributed by atoms with Gasteiger partial charge in [0.15, 0.2) is 0 Å². The number of anilines is 1. The van der Waals surface area contributed by atoms with E-state index in [2.05, 4.69) is 49.1 Å². The number of likely N-dealkylation sites (N-methyl/N-ethyl adjacent to an activating group) is 1. The molecular formula is C17H28FN3. The van der Waals surface area contributed by atoms with Crippen molar-refractivity contribution in [2.45, 2.75) is 38.8 Å². The van der Waals surface area contributed by atoms with E-state index in [0.29, 0.717) is 6.04 Å². The van der Waals surface area contributed by atoms with E-state index >= 15 is 0 Å². The van der Waals surface area contributed by atoms with Crippen molar-refractivity contribution < 1.29 is 4.39 Å². The number of benzene rings is 1. The molecule has 1 saturated heterocycles. The Kier molecular flexibility index (Phi) is 5.59. The first-order chi connectivity index (χ1) is 10.0. The van der Waals surface area contributed by atoms with E-state index in [0.717, 1.165) is 43.7 Å². The van der Waals surface area contributed by atoms with Crippen molar-refractivity contribution in [1.82, 2.24) is 10.2 Å². The molecule has 0 saturated carbocycles. The van der Waals surface area contributed by atoms with Gasteiger partial charge in [-0.1, -0.05) is 13.0 Å². The molecule has 1 aliphatic rings. The van der Waals surface area contributed by atoms with Crippen LogP contribution in [0.1, 0.15) is 38.3 Å². The largest absolute Gasteiger partial charge is 0.368 e. The third-order valence-electron chi connectivity index (χ3n) is 4.41. The number of nitrogens with zero attached hydrogens (tertiary/aromatic N) is 2. The highest BCUT2D eigenvalue weighted by molar-refractivity contribution is 5.50. The molecule has 1 N–H and O–H groups in total. The van der Waals surface area contributed by atoms with Crippen molar-refractivity contribution in [1.29, 1.82) is 0 Å². The molecule has 2 unspecified atom stereocenters. The third-order valence-corrected chi connectivity index (χ3v) is 4.41. The molecule has 118 valence electrons. The molecule has 0 amide bonds. The molecule has 21 heavy (non-hydrogen) atoms. The summed E-state index contributed by atoms with van der Waals surface area (Å²) in [7, 11) is 4.18. The van der Waals surface area contributed by atoms with Crippen LogP contribution in [0.15, 0.2) is 18.2 Å². The maximum Gasteiger partial charge on any atom is 0.146 e. The normalized spacial score (nSPS) is 20.3. The number of rotatable bonds is 6. The lowest BCUT2D eigenvalue weighted by Gasteiger charge is -2.23. The molecule has 1 aliphatic heterocycles. The van der Waals surface area contributed by atoms with Crippen molar-refractivity contribution in [2.75, 3.05) is 38.6 Å². The molecule has 4 heteroatoms. The Labute approximate surface area is 128 Å². The van der Waals surface area contributed by atoms with Crippen molar-refractivity contribution in [2.24, 2.45) is 0 Å². The minimum Gasteiger partial charge on any atom is -0.368 e. The van der Waals surface area contributed by atoms with E-state index in [1.54, 1.807) is 6.07 Å². The maximum atomic E-state index is 14.4. The average molecular weight is 293 g/mol. The first-order valence-corrected chi connectivity index (χ1v) is 7.97. The van der Waals surface area contributed by atoms with E-state index in [1.807, 2.05) is 6.07 Å². The van der Waals surface area contributed by atoms with Gasteiger partial charge in [0.2, 0.25) is 0 Å². The second kappa shape index (κ2) is 7.23. The molecule has 0 aromatic heterocycles. The number of hydrogen-bond donors (Lipinski definition) is 1. The van der Waals surface area contributed by atoms with Gasteiger partial charge in [-0.3, -0.25) is 0 Å². The topological polar surface area (TPSA) is 18.5 Å². The molecule has 0 spiro atoms. The van der Waals surface area contributed by atoms with E-state index in [9.17, 15) is 4.39 Å². The zero-order chi connectivity index (χ0) is 15.4. The van der Waals surface area contributed by atoms with Crippen LogP contribution in [0.3, 0.4) is 0 Å². The minimum absolute atomic E-state index is 0.0999. The summed E-state index contributed by atoms with van der Waals surface area (Å²) < 4.78 is 14.4. The highest BCUT2D eigenvalue weighted by Crippen LogP contribution is 2.27. The van der Waals surface area contributed by atoms with Crippen LogP contribution in [0, 0.1) is 5.82 Å². The Morgan fingerprint density at radius 2 is 2.19 bits per heavy atom. The van der Waals surface area contributed by atoms with Crippen molar-refractivity contribution >= 4 is 5.69 Å². The van der Waals surface area contributed by atoms with Gasteiger partial charge in [-0.05, 0) is 58.1 Å². The van der Waals surface area contributed by atoms with Crippen molar-refractivity contribution in [3.8, 4) is 0 Å². The van der Waals surface area contributed by atoms with Gasteiger partial charge in [0, 0.05) is 25.2 Å². The molecule has 0 radical (unpaired) electrons. The Balaban J connectivity index is 2.06. The summed E-state index contributed by atoms with van der Waals surface area (Å²) >= 11 is 0. The molecular weight excluding hydrogens is 265 g/mol. The first kappa shape index (κ1) is 16.2. The molecule has 1 heterocycles. The van der Waals surface area contributed by atoms with Gasteiger partial charge >= 0.3 is 0 Å². The second-order valence-corrected chi connectivity index (χ2v) is 6.24. The van der Waals surface area contributed by atoms with E-state index in [-0.39, 0.29) is 11.9 Å². The molecule has 0 bridgehead atoms. The van der Waals surface area contributed by atoms with Crippen LogP contribution >= 0.6 is 0 Å². The van der Waals surface area contributed by atoms with Crippen LogP contribution in [0.5, 0.6) is 0 Å². The van der Waals surface area contributed by atoms with Gasteiger partial charge in [0.25, 0.3) is 0 Å². The van der Waals surface area contributed by atoms with E-state index in [1.165, 1.54) is 0 Å². The van der Waals surface area contributed by atoms with Crippen LogP contribution in [-0.2, 0) is 0 Å². The summed E-state index contributed by atoms with van der Waals surface area (Å²) in [5, 5.41) is 3.40. The molecule has 1 fully saturated rings. The standard InChI is InChI=1S/C17H28FN3/c1-5-9-19-13(2)14-6-7-17(16(18)11-14)21-10-8-15(12-21)20(3)4/h6-7,11,13,15,19H,5,8-10,12H2,1-4H3. The van der Waals surface area contributed by atoms with Gasteiger partial charge in [0.1, 0.15) is 5.82 Å². The molecule has 2 atom stereocenters. The van der Waals surface area contributed by atoms with Crippen molar-refractivity contribution in [3.63, 3.8) is 0 Å². The summed E-state index contributed by atoms with van der Waals surface area (Å²) in [5.74, 6) is -0.0999. The number of halogens is 1. The molecule has 3 nitrogen and oxygen atoms in total. The summed E-state index contributed by atoms with van der Waals surface area (Å²) in [6.45, 7) is 7.02. The minimum atomic E-state index is -0.0999. The predicted octanol–water partition coefficient (Wildman–Crippen LogP) is 3.03. The summed E-state index contributed by atoms with van der Waals surface area (Å²) in [4.78, 5) is 4.39. The zero-order valence-corrected chi connectivity index (χ0v) is 13.7. The SMILES string of the molecule is CCCNC(C)c1ccc(N2CCC(N(C)C)C2)c(F)c1. The summed E-state index contributed by atoms with van der Waals surface area (Å²) in [5.41, 5.74) is 1.76. The lowest BCUT2D eigenvalue weighted by atomic mass is 10.1. The smallest absolute Gasteiger partial charge is 0.146 e. The molecule has 0 aliphatic carbocycles. The Morgan fingerprint density at radius 1 is 1.43 bits per heavy atom. The fourth-order valence-electron chi connectivity index (χ4n) is 2.91. The van der Waals surface area contributed by atoms with Gasteiger partial charge in [-0.2, -0.15) is 0 Å². The quantitative estimate of drug-likeness (QED) is 0.870. The zero-order valence-electron chi connectivity index (χ0n) is 13.7. The molecule has 1 aromatic rings. The summed E-state index contributed by atoms with van der Waals surface area (Å²) in [6, 6.07) is 6.39. The van der Waals surface area contributed by atoms with Gasteiger partial charge < -0.3 is 15.1 Å². The Hall–Kier alpha value is -1.13. The lowest BCUT2D eigenvalue weighted by Crippen LogP contribution is -2.31. The fraction of sp³-hybridized carbons (Fsp3) is 0.647. The van der Waals surface area contributed by atoms with Gasteiger partial charge in [-0.25, -0.2) is 4.39 Å². The van der Waals surface area contributed by atoms with Crippen molar-refractivity contribution in [3.05, 3.63) is 29.6 Å². The van der Waals surface area contributed by atoms with Crippen LogP contribution < -0.4 is 10.2 Å². The highest BCUT2D eigenvalue weighted by atomic mass is 19.1. The van der Waals surface area contributed by atoms with Crippen LogP contribution in [0.4, 0.5) is 10.1 Å². The van der Waals surface area contributed by atoms with Crippen LogP contribution in [0.2, 0.25) is 0 Å². The van der Waals surface area contributed by atoms with Crippen LogP contribution in [0.25, 0.3) is 0 Å². The lowest BCUT2D eigenvalue weighted by molar-refractivity contribution is 0.315. The monoisotopic (exact) mass is 293 g/mol. The van der Waals surface area contributed by atoms with Gasteiger partial charge in [-0.15, -0.1) is 0 Å². The fourth-order valence-corrected chi connectivity index (χ4v) is 2.91. The second-order valence-electron chi connectivity index (χ2n) is 6.24. The van der Waals surface area contributed by atoms with E-state index < -0.39 is 0 Å². The Morgan fingerprint density at radius 3 is 2.76 bits per heavy atom. The number of nitrogens with one attached hydrogen (secondary N) is 1. The highest BCUT2D eigenvalue weighted by Gasteiger charge is 2.25. The average Bonchev–Trinajstić information content (AvgIpc) is 2.94. The van der Waals surface area contributed by atoms with E-state index in [4.69, 9.17) is 0 Å². The van der Waals surface area contributed by atoms with Crippen LogP contribution in [-0.4, -0.2) is 44.7 Å². The summed E-state index contributed by atoms with van der Waals surface area (Å²) in [6.07, 6.45) is 2.19. The Bertz CT molecular complexity index is 461. The maximum absolute atomic E-state index is 14.4. The molecule has 1 aromatic carbocycles. The molecule has 2 rings (SSSR count).